The maximum Gasteiger partial charge on any atom is 0.324 e. The standard InChI is InChI=1S/C18H20N4O5S.ClH/c1-11-9-16-15(10-17(28-16)22(26)27)12(2)20(11)8-7-19-18(23)13-3-5-14(6-4-13)21(24)25;/h3-6,10-12H,7-9H2,1-2H3,(H,19,23);1H/t11-,12+;/m1./s1. The van der Waals surface area contributed by atoms with Gasteiger partial charge in [0.05, 0.1) is 9.85 Å². The smallest absolute Gasteiger partial charge is 0.324 e. The van der Waals surface area contributed by atoms with Crippen LogP contribution in [-0.4, -0.2) is 39.8 Å². The molecule has 2 aromatic rings. The van der Waals surface area contributed by atoms with Crippen LogP contribution >= 0.6 is 23.7 Å². The zero-order chi connectivity index (χ0) is 20.4. The van der Waals surface area contributed by atoms with Crippen molar-refractivity contribution in [2.75, 3.05) is 13.1 Å². The average molecular weight is 441 g/mol. The number of hydrogen-bond acceptors (Lipinski definition) is 7. The first kappa shape index (κ1) is 22.7. The molecular formula is C18H21ClN4O5S. The quantitative estimate of drug-likeness (QED) is 0.540. The third kappa shape index (κ3) is 4.89. The Kier molecular flexibility index (Phi) is 7.28. The number of carbonyl (C=O) groups is 1. The summed E-state index contributed by atoms with van der Waals surface area (Å²) >= 11 is 1.24. The first-order valence-electron chi connectivity index (χ1n) is 8.83. The molecule has 1 aliphatic rings. The molecule has 9 nitrogen and oxygen atoms in total. The molecule has 0 bridgehead atoms. The molecule has 0 saturated heterocycles. The second-order valence-electron chi connectivity index (χ2n) is 6.75. The van der Waals surface area contributed by atoms with Crippen molar-refractivity contribution in [1.82, 2.24) is 10.2 Å². The van der Waals surface area contributed by atoms with Crippen molar-refractivity contribution in [2.24, 2.45) is 0 Å². The van der Waals surface area contributed by atoms with Crippen LogP contribution in [0.3, 0.4) is 0 Å². The number of non-ortho nitro benzene ring substituents is 1. The molecular weight excluding hydrogens is 420 g/mol. The highest BCUT2D eigenvalue weighted by Crippen LogP contribution is 2.40. The van der Waals surface area contributed by atoms with Gasteiger partial charge in [0.15, 0.2) is 0 Å². The zero-order valence-corrected chi connectivity index (χ0v) is 17.5. The molecule has 1 amide bonds. The number of nitro groups is 2. The minimum Gasteiger partial charge on any atom is -0.351 e. The Morgan fingerprint density at radius 3 is 2.45 bits per heavy atom. The highest BCUT2D eigenvalue weighted by atomic mass is 35.5. The van der Waals surface area contributed by atoms with Gasteiger partial charge in [0, 0.05) is 53.8 Å². The fourth-order valence-electron chi connectivity index (χ4n) is 3.53. The predicted octanol–water partition coefficient (Wildman–Crippen LogP) is 3.72. The van der Waals surface area contributed by atoms with Crippen LogP contribution < -0.4 is 5.32 Å². The molecule has 156 valence electrons. The largest absolute Gasteiger partial charge is 0.351 e. The van der Waals surface area contributed by atoms with Gasteiger partial charge in [-0.2, -0.15) is 0 Å². The topological polar surface area (TPSA) is 119 Å². The molecule has 1 N–H and O–H groups in total. The van der Waals surface area contributed by atoms with E-state index in [0.717, 1.165) is 16.9 Å². The van der Waals surface area contributed by atoms with Gasteiger partial charge in [0.25, 0.3) is 11.6 Å². The molecule has 0 unspecified atom stereocenters. The molecule has 1 aliphatic heterocycles. The second kappa shape index (κ2) is 9.29. The summed E-state index contributed by atoms with van der Waals surface area (Å²) in [5.41, 5.74) is 1.28. The van der Waals surface area contributed by atoms with E-state index in [2.05, 4.69) is 17.1 Å². The summed E-state index contributed by atoms with van der Waals surface area (Å²) in [6.45, 7) is 5.10. The zero-order valence-electron chi connectivity index (χ0n) is 15.9. The van der Waals surface area contributed by atoms with Crippen molar-refractivity contribution < 1.29 is 14.6 Å². The molecule has 0 fully saturated rings. The molecule has 2 atom stereocenters. The lowest BCUT2D eigenvalue weighted by atomic mass is 9.96. The fourth-order valence-corrected chi connectivity index (χ4v) is 4.71. The number of hydrogen-bond donors (Lipinski definition) is 1. The number of amides is 1. The van der Waals surface area contributed by atoms with E-state index in [1.165, 1.54) is 35.6 Å². The van der Waals surface area contributed by atoms with Crippen molar-refractivity contribution >= 4 is 40.3 Å². The Hall–Kier alpha value is -2.56. The number of nitrogens with zero attached hydrogens (tertiary/aromatic N) is 3. The van der Waals surface area contributed by atoms with Gasteiger partial charge in [0.2, 0.25) is 0 Å². The number of nitro benzene ring substituents is 1. The molecule has 1 aromatic carbocycles. The number of fused-ring (bicyclic) bond motifs is 1. The van der Waals surface area contributed by atoms with E-state index in [9.17, 15) is 25.0 Å². The SMILES string of the molecule is C[C@@H]1Cc2sc([N+](=O)[O-])cc2[C@H](C)N1CCNC(=O)c1ccc([N+](=O)[O-])cc1.Cl. The molecule has 0 spiro atoms. The summed E-state index contributed by atoms with van der Waals surface area (Å²) in [7, 11) is 0. The van der Waals surface area contributed by atoms with Gasteiger partial charge >= 0.3 is 5.00 Å². The molecule has 0 radical (unpaired) electrons. The van der Waals surface area contributed by atoms with E-state index in [1.54, 1.807) is 6.07 Å². The third-order valence-electron chi connectivity index (χ3n) is 5.00. The maximum absolute atomic E-state index is 12.2. The van der Waals surface area contributed by atoms with Crippen LogP contribution in [0.4, 0.5) is 10.7 Å². The first-order valence-corrected chi connectivity index (χ1v) is 9.65. The fraction of sp³-hybridized carbons (Fsp3) is 0.389. The van der Waals surface area contributed by atoms with Crippen LogP contribution in [0.15, 0.2) is 30.3 Å². The summed E-state index contributed by atoms with van der Waals surface area (Å²) in [4.78, 5) is 36.4. The average Bonchev–Trinajstić information content (AvgIpc) is 3.08. The molecule has 11 heteroatoms. The summed E-state index contributed by atoms with van der Waals surface area (Å²) in [6, 6.07) is 7.34. The molecule has 1 aromatic heterocycles. The van der Waals surface area contributed by atoms with Gasteiger partial charge in [-0.25, -0.2) is 0 Å². The number of thiophene rings is 1. The lowest BCUT2D eigenvalue weighted by Crippen LogP contribution is -2.44. The minimum atomic E-state index is -0.510. The van der Waals surface area contributed by atoms with Crippen LogP contribution in [0.25, 0.3) is 0 Å². The van der Waals surface area contributed by atoms with Crippen LogP contribution in [0, 0.1) is 20.2 Å². The Labute approximate surface area is 177 Å². The number of benzene rings is 1. The number of rotatable bonds is 6. The van der Waals surface area contributed by atoms with Gasteiger partial charge in [-0.05, 0) is 38.0 Å². The summed E-state index contributed by atoms with van der Waals surface area (Å²) in [6.07, 6.45) is 0.745. The van der Waals surface area contributed by atoms with E-state index in [0.29, 0.717) is 18.7 Å². The van der Waals surface area contributed by atoms with Gasteiger partial charge in [0.1, 0.15) is 0 Å². The third-order valence-corrected chi connectivity index (χ3v) is 6.12. The van der Waals surface area contributed by atoms with Gasteiger partial charge in [-0.1, -0.05) is 11.3 Å². The van der Waals surface area contributed by atoms with Gasteiger partial charge < -0.3 is 5.32 Å². The van der Waals surface area contributed by atoms with Crippen molar-refractivity contribution in [1.29, 1.82) is 0 Å². The Morgan fingerprint density at radius 1 is 1.21 bits per heavy atom. The van der Waals surface area contributed by atoms with E-state index >= 15 is 0 Å². The van der Waals surface area contributed by atoms with Crippen LogP contribution in [0.2, 0.25) is 0 Å². The lowest BCUT2D eigenvalue weighted by molar-refractivity contribution is -0.384. The molecule has 0 aliphatic carbocycles. The van der Waals surface area contributed by atoms with E-state index in [1.807, 2.05) is 6.92 Å². The predicted molar refractivity (Wildman–Crippen MR) is 112 cm³/mol. The van der Waals surface area contributed by atoms with Crippen molar-refractivity contribution in [3.05, 3.63) is 66.6 Å². The Morgan fingerprint density at radius 2 is 1.86 bits per heavy atom. The number of halogens is 1. The van der Waals surface area contributed by atoms with Gasteiger partial charge in [-0.15, -0.1) is 12.4 Å². The number of nitrogens with one attached hydrogen (secondary N) is 1. The minimum absolute atomic E-state index is 0. The Balaban J connectivity index is 0.00000300. The van der Waals surface area contributed by atoms with Crippen LogP contribution in [-0.2, 0) is 6.42 Å². The normalized spacial score (nSPS) is 18.4. The van der Waals surface area contributed by atoms with E-state index in [4.69, 9.17) is 0 Å². The summed E-state index contributed by atoms with van der Waals surface area (Å²) in [5, 5.41) is 24.7. The van der Waals surface area contributed by atoms with Crippen molar-refractivity contribution in [3.63, 3.8) is 0 Å². The first-order chi connectivity index (χ1) is 13.3. The number of carbonyl (C=O) groups excluding carboxylic acids is 1. The second-order valence-corrected chi connectivity index (χ2v) is 7.86. The highest BCUT2D eigenvalue weighted by molar-refractivity contribution is 7.15. The monoisotopic (exact) mass is 440 g/mol. The van der Waals surface area contributed by atoms with Crippen molar-refractivity contribution in [2.45, 2.75) is 32.4 Å². The molecule has 29 heavy (non-hydrogen) atoms. The summed E-state index contributed by atoms with van der Waals surface area (Å²) < 4.78 is 0. The van der Waals surface area contributed by atoms with E-state index < -0.39 is 4.92 Å². The van der Waals surface area contributed by atoms with E-state index in [-0.39, 0.29) is 46.0 Å². The molecule has 0 saturated carbocycles. The van der Waals surface area contributed by atoms with Crippen molar-refractivity contribution in [3.8, 4) is 0 Å². The lowest BCUT2D eigenvalue weighted by Gasteiger charge is -2.38. The van der Waals surface area contributed by atoms with Gasteiger partial charge in [-0.3, -0.25) is 29.9 Å². The van der Waals surface area contributed by atoms with Crippen LogP contribution in [0.5, 0.6) is 0 Å². The summed E-state index contributed by atoms with van der Waals surface area (Å²) in [5.74, 6) is -0.293. The van der Waals surface area contributed by atoms with Crippen LogP contribution in [0.1, 0.15) is 40.7 Å². The highest BCUT2D eigenvalue weighted by Gasteiger charge is 2.32. The molecule has 2 heterocycles. The maximum atomic E-state index is 12.2. The Bertz CT molecular complexity index is 917. The molecule has 3 rings (SSSR count).